The Hall–Kier alpha value is -2.45. The molecule has 0 unspecified atom stereocenters. The topological polar surface area (TPSA) is 13.1 Å². The van der Waals surface area contributed by atoms with Gasteiger partial charge in [-0.1, -0.05) is 0 Å². The summed E-state index contributed by atoms with van der Waals surface area (Å²) in [6.45, 7) is 36.2. The minimum atomic E-state index is -2.63. The number of hydrogen-bond acceptors (Lipinski definition) is 1. The van der Waals surface area contributed by atoms with Crippen molar-refractivity contribution in [3.05, 3.63) is 65.7 Å². The van der Waals surface area contributed by atoms with Gasteiger partial charge in [-0.15, -0.1) is 0 Å². The Balaban J connectivity index is 2.05. The predicted molar refractivity (Wildman–Crippen MR) is 241 cm³/mol. The number of fused-ring (bicyclic) bond motifs is 4. The van der Waals surface area contributed by atoms with Gasteiger partial charge in [-0.2, -0.15) is 0 Å². The van der Waals surface area contributed by atoms with Crippen LogP contribution < -0.4 is 3.78 Å². The fourth-order valence-corrected chi connectivity index (χ4v) is 30.4. The van der Waals surface area contributed by atoms with Crippen molar-refractivity contribution < 1.29 is 4.42 Å². The monoisotopic (exact) mass is 834 g/mol. The van der Waals surface area contributed by atoms with Crippen molar-refractivity contribution in [2.75, 3.05) is 0 Å². The fraction of sp³-hybridized carbons (Fsp3) is 0.500. The molecule has 0 N–H and O–H groups in total. The zero-order valence-electron chi connectivity index (χ0n) is 35.2. The molecule has 4 aromatic carbocycles. The maximum absolute atomic E-state index is 6.98. The predicted octanol–water partition coefficient (Wildman–Crippen LogP) is 14.7. The van der Waals surface area contributed by atoms with E-state index in [-0.39, 0.29) is 0 Å². The minimum absolute atomic E-state index is 0.557. The first-order valence-corrected chi connectivity index (χ1v) is 32.4. The first-order chi connectivity index (χ1) is 24.5. The van der Waals surface area contributed by atoms with Gasteiger partial charge in [-0.05, 0) is 0 Å². The van der Waals surface area contributed by atoms with Gasteiger partial charge >= 0.3 is 325 Å². The van der Waals surface area contributed by atoms with E-state index < -0.39 is 34.5 Å². The Morgan fingerprint density at radius 2 is 0.846 bits per heavy atom. The Labute approximate surface area is 323 Å². The van der Waals surface area contributed by atoms with Crippen LogP contribution in [0, 0.1) is 22.9 Å². The SMILES string of the molecule is C[CH2][Sn]([CH2]C)([CH2]C)[c]1cc2cc3c(C#C[Si](C(C)C)(C(C)C)C(C)C)c4cc5ccccc5cc4c(C#C[Si](C(C)C)(C(C)C)C(C)C)c3cc2o1. The summed E-state index contributed by atoms with van der Waals surface area (Å²) in [5.41, 5.74) is 15.0. The number of benzene rings is 4. The second-order valence-corrected chi connectivity index (χ2v) is 43.6. The van der Waals surface area contributed by atoms with Crippen LogP contribution in [0.1, 0.15) is 115 Å². The molecule has 0 amide bonds. The van der Waals surface area contributed by atoms with Gasteiger partial charge < -0.3 is 0 Å². The molecule has 0 fully saturated rings. The number of furan rings is 1. The first-order valence-electron chi connectivity index (χ1n) is 20.5. The molecule has 0 saturated carbocycles. The van der Waals surface area contributed by atoms with E-state index in [9.17, 15) is 0 Å². The molecule has 0 aliphatic rings. The molecule has 0 aliphatic carbocycles. The molecule has 0 radical (unpaired) electrons. The average molecular weight is 834 g/mol. The van der Waals surface area contributed by atoms with Gasteiger partial charge in [0.2, 0.25) is 0 Å². The summed E-state index contributed by atoms with van der Waals surface area (Å²) in [7, 11) is -4.03. The summed E-state index contributed by atoms with van der Waals surface area (Å²) in [5, 5.41) is 8.62. The van der Waals surface area contributed by atoms with Gasteiger partial charge in [0.25, 0.3) is 0 Å². The van der Waals surface area contributed by atoms with Crippen molar-refractivity contribution >= 4 is 81.6 Å². The standard InChI is InChI=1S/C42H51OSi2.3C2H5.Sn/c1-27(2)44(28(3)4,29(5)6)21-18-36-38-23-33-15-13-14-16-34(33)24-39(38)37(19-22-45(30(7)8,31(9)10)32(11)12)41-26-42-35(17-20-43-42)25-40(36)41;3*1-2;/h13-17,23-32H,1-12H3;3*1H2,2H3;. The van der Waals surface area contributed by atoms with E-state index in [2.05, 4.69) is 181 Å². The van der Waals surface area contributed by atoms with Crippen LogP contribution in [0.4, 0.5) is 0 Å². The van der Waals surface area contributed by atoms with Gasteiger partial charge in [-0.25, -0.2) is 0 Å². The van der Waals surface area contributed by atoms with E-state index in [1.54, 1.807) is 0 Å². The van der Waals surface area contributed by atoms with Gasteiger partial charge in [0, 0.05) is 0 Å². The molecule has 0 spiro atoms. The molecule has 52 heavy (non-hydrogen) atoms. The molecule has 1 nitrogen and oxygen atoms in total. The van der Waals surface area contributed by atoms with Crippen molar-refractivity contribution in [1.82, 2.24) is 0 Å². The van der Waals surface area contributed by atoms with Crippen molar-refractivity contribution in [2.45, 2.75) is 150 Å². The molecular weight excluding hydrogens is 767 g/mol. The number of hydrogen-bond donors (Lipinski definition) is 0. The van der Waals surface area contributed by atoms with Crippen LogP contribution in [-0.4, -0.2) is 34.5 Å². The van der Waals surface area contributed by atoms with Crippen LogP contribution in [0.2, 0.25) is 46.6 Å². The Bertz CT molecular complexity index is 2010. The second-order valence-electron chi connectivity index (χ2n) is 17.7. The van der Waals surface area contributed by atoms with Crippen molar-refractivity contribution in [2.24, 2.45) is 0 Å². The van der Waals surface area contributed by atoms with E-state index in [4.69, 9.17) is 4.42 Å². The van der Waals surface area contributed by atoms with Crippen LogP contribution >= 0.6 is 0 Å². The molecule has 276 valence electrons. The van der Waals surface area contributed by atoms with E-state index in [1.807, 2.05) is 0 Å². The molecule has 0 atom stereocenters. The van der Waals surface area contributed by atoms with Gasteiger partial charge in [0.05, 0.1) is 0 Å². The molecule has 0 bridgehead atoms. The van der Waals surface area contributed by atoms with Crippen LogP contribution in [0.15, 0.2) is 59.0 Å². The van der Waals surface area contributed by atoms with E-state index in [0.29, 0.717) is 33.2 Å². The maximum atomic E-state index is 6.98. The van der Waals surface area contributed by atoms with Gasteiger partial charge in [0.1, 0.15) is 0 Å². The summed E-state index contributed by atoms with van der Waals surface area (Å²) >= 11 is -2.63. The molecular formula is C48H66OSi2Sn. The van der Waals surface area contributed by atoms with Crippen LogP contribution in [0.5, 0.6) is 0 Å². The third-order valence-corrected chi connectivity index (χ3v) is 41.6. The molecule has 1 aromatic heterocycles. The molecule has 5 rings (SSSR count). The summed E-state index contributed by atoms with van der Waals surface area (Å²) < 4.78 is 12.1. The third-order valence-electron chi connectivity index (χ3n) is 13.7. The van der Waals surface area contributed by atoms with Crippen LogP contribution in [0.25, 0.3) is 43.3 Å². The van der Waals surface area contributed by atoms with Crippen LogP contribution in [-0.2, 0) is 0 Å². The Morgan fingerprint density at radius 3 is 1.19 bits per heavy atom. The zero-order valence-corrected chi connectivity index (χ0v) is 40.0. The van der Waals surface area contributed by atoms with Crippen molar-refractivity contribution in [3.8, 4) is 22.9 Å². The van der Waals surface area contributed by atoms with Crippen molar-refractivity contribution in [3.63, 3.8) is 0 Å². The second kappa shape index (κ2) is 15.7. The summed E-state index contributed by atoms with van der Waals surface area (Å²) in [6, 6.07) is 20.9. The zero-order chi connectivity index (χ0) is 38.3. The van der Waals surface area contributed by atoms with E-state index in [0.717, 1.165) is 11.1 Å². The quantitative estimate of drug-likeness (QED) is 0.0776. The summed E-state index contributed by atoms with van der Waals surface area (Å²) in [4.78, 5) is 0. The van der Waals surface area contributed by atoms with E-state index >= 15 is 0 Å². The Kier molecular flexibility index (Phi) is 12.3. The van der Waals surface area contributed by atoms with Crippen LogP contribution in [0.3, 0.4) is 0 Å². The third kappa shape index (κ3) is 6.75. The first kappa shape index (κ1) is 40.7. The van der Waals surface area contributed by atoms with Gasteiger partial charge in [0.15, 0.2) is 0 Å². The average Bonchev–Trinajstić information content (AvgIpc) is 3.51. The fourth-order valence-electron chi connectivity index (χ4n) is 10.5. The summed E-state index contributed by atoms with van der Waals surface area (Å²) in [5.74, 6) is 8.04. The van der Waals surface area contributed by atoms with Gasteiger partial charge in [-0.3, -0.25) is 0 Å². The molecule has 4 heteroatoms. The molecule has 5 aromatic rings. The molecule has 0 saturated heterocycles. The normalized spacial score (nSPS) is 13.1. The Morgan fingerprint density at radius 1 is 0.500 bits per heavy atom. The number of rotatable bonds is 10. The van der Waals surface area contributed by atoms with Crippen molar-refractivity contribution in [1.29, 1.82) is 0 Å². The molecule has 1 heterocycles. The summed E-state index contributed by atoms with van der Waals surface area (Å²) in [6.07, 6.45) is 0. The van der Waals surface area contributed by atoms with E-state index in [1.165, 1.54) is 60.4 Å². The molecule has 0 aliphatic heterocycles.